The predicted molar refractivity (Wildman–Crippen MR) is 131 cm³/mol. The van der Waals surface area contributed by atoms with Crippen LogP contribution in [0.3, 0.4) is 0 Å². The molecule has 0 unspecified atom stereocenters. The molecule has 0 spiro atoms. The van der Waals surface area contributed by atoms with Gasteiger partial charge in [-0.15, -0.1) is 0 Å². The Balaban J connectivity index is 1.35. The first kappa shape index (κ1) is 21.8. The highest BCUT2D eigenvalue weighted by molar-refractivity contribution is 6.05. The zero-order chi connectivity index (χ0) is 23.2. The van der Waals surface area contributed by atoms with E-state index in [0.717, 1.165) is 11.1 Å². The van der Waals surface area contributed by atoms with Crippen LogP contribution in [0.2, 0.25) is 0 Å². The summed E-state index contributed by atoms with van der Waals surface area (Å²) in [7, 11) is 0. The molecule has 0 aliphatic heterocycles. The summed E-state index contributed by atoms with van der Waals surface area (Å²) in [6, 6.07) is 29.3. The number of carbonyl (C=O) groups excluding carboxylic acids is 2. The molecule has 0 bridgehead atoms. The molecule has 4 aromatic carbocycles. The van der Waals surface area contributed by atoms with Crippen LogP contribution in [0.5, 0.6) is 11.5 Å². The van der Waals surface area contributed by atoms with Gasteiger partial charge >= 0.3 is 0 Å². The van der Waals surface area contributed by atoms with Crippen molar-refractivity contribution in [2.75, 3.05) is 10.6 Å². The van der Waals surface area contributed by atoms with Gasteiger partial charge in [0.25, 0.3) is 11.8 Å². The van der Waals surface area contributed by atoms with Crippen molar-refractivity contribution in [2.24, 2.45) is 0 Å². The highest BCUT2D eigenvalue weighted by Crippen LogP contribution is 2.25. The van der Waals surface area contributed by atoms with Crippen molar-refractivity contribution in [1.82, 2.24) is 0 Å². The Labute approximate surface area is 193 Å². The topological polar surface area (TPSA) is 67.4 Å². The predicted octanol–water partition coefficient (Wildman–Crippen LogP) is 6.60. The van der Waals surface area contributed by atoms with Gasteiger partial charge < -0.3 is 15.4 Å². The maximum Gasteiger partial charge on any atom is 0.255 e. The minimum Gasteiger partial charge on any atom is -0.457 e. The molecule has 0 fully saturated rings. The lowest BCUT2D eigenvalue weighted by atomic mass is 10.1. The normalized spacial score (nSPS) is 10.4. The average Bonchev–Trinajstić information content (AvgIpc) is 2.82. The zero-order valence-electron chi connectivity index (χ0n) is 18.5. The minimum atomic E-state index is -0.148. The van der Waals surface area contributed by atoms with E-state index in [0.29, 0.717) is 34.0 Å². The first-order valence-corrected chi connectivity index (χ1v) is 10.6. The van der Waals surface area contributed by atoms with Crippen molar-refractivity contribution in [3.8, 4) is 11.5 Å². The van der Waals surface area contributed by atoms with E-state index in [4.69, 9.17) is 4.74 Å². The highest BCUT2D eigenvalue weighted by atomic mass is 16.5. The molecule has 0 heterocycles. The second-order valence-corrected chi connectivity index (χ2v) is 7.69. The third-order valence-corrected chi connectivity index (χ3v) is 5.24. The molecule has 4 aromatic rings. The molecule has 0 aliphatic rings. The van der Waals surface area contributed by atoms with Crippen molar-refractivity contribution in [1.29, 1.82) is 0 Å². The summed E-state index contributed by atoms with van der Waals surface area (Å²) >= 11 is 0. The second-order valence-electron chi connectivity index (χ2n) is 7.69. The molecule has 0 radical (unpaired) electrons. The SMILES string of the molecule is Cc1ccccc1C(=O)Nc1ccc(Oc2ccc(NC(=O)c3ccccc3C)cc2)cc1. The second kappa shape index (κ2) is 9.83. The molecule has 5 nitrogen and oxygen atoms in total. The standard InChI is InChI=1S/C28H24N2O3/c1-19-7-3-5-9-25(19)27(31)29-21-11-15-23(16-12-21)33-24-17-13-22(14-18-24)30-28(32)26-10-6-4-8-20(26)2/h3-18H,1-2H3,(H,29,31)(H,30,32). The Kier molecular flexibility index (Phi) is 6.51. The number of hydrogen-bond donors (Lipinski definition) is 2. The first-order valence-electron chi connectivity index (χ1n) is 10.6. The van der Waals surface area contributed by atoms with E-state index in [1.165, 1.54) is 0 Å². The monoisotopic (exact) mass is 436 g/mol. The van der Waals surface area contributed by atoms with E-state index in [1.807, 2.05) is 50.2 Å². The van der Waals surface area contributed by atoms with Gasteiger partial charge in [-0.25, -0.2) is 0 Å². The lowest BCUT2D eigenvalue weighted by Gasteiger charge is -2.10. The van der Waals surface area contributed by atoms with Gasteiger partial charge in [-0.1, -0.05) is 36.4 Å². The van der Waals surface area contributed by atoms with Crippen LogP contribution in [-0.2, 0) is 0 Å². The molecular formula is C28H24N2O3. The van der Waals surface area contributed by atoms with Crippen LogP contribution in [0.25, 0.3) is 0 Å². The number of benzene rings is 4. The molecular weight excluding hydrogens is 412 g/mol. The van der Waals surface area contributed by atoms with E-state index in [9.17, 15) is 9.59 Å². The molecule has 0 saturated heterocycles. The van der Waals surface area contributed by atoms with Gasteiger partial charge in [-0.05, 0) is 85.6 Å². The van der Waals surface area contributed by atoms with Crippen molar-refractivity contribution in [3.05, 3.63) is 119 Å². The number of rotatable bonds is 6. The summed E-state index contributed by atoms with van der Waals surface area (Å²) in [5.74, 6) is 0.983. The number of amides is 2. The van der Waals surface area contributed by atoms with E-state index >= 15 is 0 Å². The Morgan fingerprint density at radius 2 is 0.909 bits per heavy atom. The number of anilines is 2. The summed E-state index contributed by atoms with van der Waals surface area (Å²) in [5, 5.41) is 5.80. The number of nitrogens with one attached hydrogen (secondary N) is 2. The van der Waals surface area contributed by atoms with Gasteiger partial charge in [0.2, 0.25) is 0 Å². The van der Waals surface area contributed by atoms with Crippen LogP contribution < -0.4 is 15.4 Å². The van der Waals surface area contributed by atoms with E-state index in [2.05, 4.69) is 10.6 Å². The van der Waals surface area contributed by atoms with Crippen molar-refractivity contribution < 1.29 is 14.3 Å². The quantitative estimate of drug-likeness (QED) is 0.358. The molecule has 0 atom stereocenters. The van der Waals surface area contributed by atoms with Gasteiger partial charge in [0, 0.05) is 22.5 Å². The fourth-order valence-corrected chi connectivity index (χ4v) is 3.40. The summed E-state index contributed by atoms with van der Waals surface area (Å²) in [6.07, 6.45) is 0. The van der Waals surface area contributed by atoms with E-state index in [-0.39, 0.29) is 11.8 Å². The molecule has 33 heavy (non-hydrogen) atoms. The Morgan fingerprint density at radius 1 is 0.545 bits per heavy atom. The van der Waals surface area contributed by atoms with Gasteiger partial charge in [-0.3, -0.25) is 9.59 Å². The van der Waals surface area contributed by atoms with Gasteiger partial charge in [0.15, 0.2) is 0 Å². The molecule has 0 aliphatic carbocycles. The highest BCUT2D eigenvalue weighted by Gasteiger charge is 2.10. The molecule has 5 heteroatoms. The lowest BCUT2D eigenvalue weighted by Crippen LogP contribution is -2.13. The lowest BCUT2D eigenvalue weighted by molar-refractivity contribution is 0.101. The first-order chi connectivity index (χ1) is 16.0. The van der Waals surface area contributed by atoms with Crippen LogP contribution in [0, 0.1) is 13.8 Å². The zero-order valence-corrected chi connectivity index (χ0v) is 18.5. The number of aryl methyl sites for hydroxylation is 2. The van der Waals surface area contributed by atoms with Crippen molar-refractivity contribution in [3.63, 3.8) is 0 Å². The van der Waals surface area contributed by atoms with E-state index < -0.39 is 0 Å². The largest absolute Gasteiger partial charge is 0.457 e. The molecule has 2 N–H and O–H groups in total. The Hall–Kier alpha value is -4.38. The average molecular weight is 437 g/mol. The molecule has 4 rings (SSSR count). The molecule has 0 aromatic heterocycles. The van der Waals surface area contributed by atoms with Crippen LogP contribution in [0.4, 0.5) is 11.4 Å². The summed E-state index contributed by atoms with van der Waals surface area (Å²) < 4.78 is 5.88. The Morgan fingerprint density at radius 3 is 1.27 bits per heavy atom. The van der Waals surface area contributed by atoms with Crippen LogP contribution in [0.1, 0.15) is 31.8 Å². The van der Waals surface area contributed by atoms with E-state index in [1.54, 1.807) is 60.7 Å². The molecule has 0 saturated carbocycles. The maximum absolute atomic E-state index is 12.5. The van der Waals surface area contributed by atoms with Crippen LogP contribution in [0.15, 0.2) is 97.1 Å². The minimum absolute atomic E-state index is 0.148. The molecule has 2 amide bonds. The third kappa shape index (κ3) is 5.46. The third-order valence-electron chi connectivity index (χ3n) is 5.24. The smallest absolute Gasteiger partial charge is 0.255 e. The number of carbonyl (C=O) groups is 2. The fourth-order valence-electron chi connectivity index (χ4n) is 3.40. The maximum atomic E-state index is 12.5. The van der Waals surface area contributed by atoms with Crippen LogP contribution in [-0.4, -0.2) is 11.8 Å². The van der Waals surface area contributed by atoms with Crippen molar-refractivity contribution >= 4 is 23.2 Å². The summed E-state index contributed by atoms with van der Waals surface area (Å²) in [4.78, 5) is 24.9. The Bertz CT molecular complexity index is 1180. The number of hydrogen-bond acceptors (Lipinski definition) is 3. The van der Waals surface area contributed by atoms with Crippen molar-refractivity contribution in [2.45, 2.75) is 13.8 Å². The van der Waals surface area contributed by atoms with Crippen LogP contribution >= 0.6 is 0 Å². The number of ether oxygens (including phenoxy) is 1. The summed E-state index contributed by atoms with van der Waals surface area (Å²) in [5.41, 5.74) is 4.51. The van der Waals surface area contributed by atoms with Gasteiger partial charge in [0.05, 0.1) is 0 Å². The van der Waals surface area contributed by atoms with Gasteiger partial charge in [0.1, 0.15) is 11.5 Å². The van der Waals surface area contributed by atoms with Gasteiger partial charge in [-0.2, -0.15) is 0 Å². The summed E-state index contributed by atoms with van der Waals surface area (Å²) in [6.45, 7) is 3.82. The fraction of sp³-hybridized carbons (Fsp3) is 0.0714. The molecule has 164 valence electrons.